The van der Waals surface area contributed by atoms with Crippen LogP contribution in [0.2, 0.25) is 0 Å². The van der Waals surface area contributed by atoms with Crippen molar-refractivity contribution in [3.63, 3.8) is 0 Å². The van der Waals surface area contributed by atoms with Crippen molar-refractivity contribution in [2.24, 2.45) is 0 Å². The lowest BCUT2D eigenvalue weighted by atomic mass is 10.1. The summed E-state index contributed by atoms with van der Waals surface area (Å²) in [5.74, 6) is 0.701. The van der Waals surface area contributed by atoms with Crippen LogP contribution in [0.4, 0.5) is 5.95 Å². The molecule has 100 valence electrons. The fraction of sp³-hybridized carbons (Fsp3) is 0.188. The highest BCUT2D eigenvalue weighted by Gasteiger charge is 2.31. The smallest absolute Gasteiger partial charge is 0.201 e. The molecule has 0 aliphatic heterocycles. The van der Waals surface area contributed by atoms with Gasteiger partial charge in [-0.25, -0.2) is 4.98 Å². The first-order valence-corrected chi connectivity index (χ1v) is 6.78. The molecule has 1 aromatic heterocycles. The Kier molecular flexibility index (Phi) is 2.50. The van der Waals surface area contributed by atoms with Crippen LogP contribution < -0.4 is 5.32 Å². The van der Waals surface area contributed by atoms with Gasteiger partial charge >= 0.3 is 0 Å². The molecule has 1 aliphatic carbocycles. The first-order chi connectivity index (χ1) is 9.81. The molecular weight excluding hydrogens is 250 g/mol. The van der Waals surface area contributed by atoms with Crippen molar-refractivity contribution in [3.05, 3.63) is 59.7 Å². The first-order valence-electron chi connectivity index (χ1n) is 6.78. The molecule has 2 atom stereocenters. The Morgan fingerprint density at radius 1 is 1.10 bits per heavy atom. The normalized spacial score (nSPS) is 21.1. The predicted molar refractivity (Wildman–Crippen MR) is 78.6 cm³/mol. The molecular formula is C16H15N3O. The Labute approximate surface area is 116 Å². The number of rotatable bonds is 2. The average Bonchev–Trinajstić information content (AvgIpc) is 3.00. The zero-order chi connectivity index (χ0) is 13.5. The molecule has 0 radical (unpaired) electrons. The lowest BCUT2D eigenvalue weighted by Crippen LogP contribution is -2.21. The molecule has 4 nitrogen and oxygen atoms in total. The van der Waals surface area contributed by atoms with E-state index in [1.165, 1.54) is 5.56 Å². The van der Waals surface area contributed by atoms with Gasteiger partial charge in [-0.1, -0.05) is 36.4 Å². The molecule has 3 aromatic rings. The number of imidazole rings is 1. The maximum atomic E-state index is 10.2. The van der Waals surface area contributed by atoms with E-state index < -0.39 is 6.10 Å². The number of nitrogens with one attached hydrogen (secondary N) is 2. The number of hydrogen-bond acceptors (Lipinski definition) is 3. The van der Waals surface area contributed by atoms with Crippen LogP contribution in [-0.4, -0.2) is 21.2 Å². The number of fused-ring (bicyclic) bond motifs is 2. The lowest BCUT2D eigenvalue weighted by Gasteiger charge is -2.17. The summed E-state index contributed by atoms with van der Waals surface area (Å²) in [6.07, 6.45) is 0.272. The van der Waals surface area contributed by atoms with Crippen LogP contribution in [0.5, 0.6) is 0 Å². The first kappa shape index (κ1) is 11.5. The van der Waals surface area contributed by atoms with E-state index in [1.807, 2.05) is 36.4 Å². The maximum Gasteiger partial charge on any atom is 0.201 e. The van der Waals surface area contributed by atoms with Gasteiger partial charge in [0, 0.05) is 6.42 Å². The van der Waals surface area contributed by atoms with Gasteiger partial charge in [0.1, 0.15) is 0 Å². The zero-order valence-electron chi connectivity index (χ0n) is 10.9. The minimum absolute atomic E-state index is 0.105. The van der Waals surface area contributed by atoms with Gasteiger partial charge in [-0.3, -0.25) is 0 Å². The number of aromatic amines is 1. The van der Waals surface area contributed by atoms with Crippen molar-refractivity contribution < 1.29 is 5.11 Å². The molecule has 0 unspecified atom stereocenters. The van der Waals surface area contributed by atoms with Gasteiger partial charge in [0.2, 0.25) is 5.95 Å². The van der Waals surface area contributed by atoms with Crippen molar-refractivity contribution in [3.8, 4) is 0 Å². The summed E-state index contributed by atoms with van der Waals surface area (Å²) in [5, 5.41) is 13.6. The van der Waals surface area contributed by atoms with Gasteiger partial charge in [-0.15, -0.1) is 0 Å². The molecule has 0 spiro atoms. The van der Waals surface area contributed by atoms with Crippen molar-refractivity contribution in [2.45, 2.75) is 18.6 Å². The maximum absolute atomic E-state index is 10.2. The summed E-state index contributed by atoms with van der Waals surface area (Å²) >= 11 is 0. The van der Waals surface area contributed by atoms with Crippen molar-refractivity contribution in [1.29, 1.82) is 0 Å². The second kappa shape index (κ2) is 4.35. The quantitative estimate of drug-likeness (QED) is 0.667. The second-order valence-corrected chi connectivity index (χ2v) is 5.19. The molecule has 0 bridgehead atoms. The van der Waals surface area contributed by atoms with Crippen molar-refractivity contribution in [2.75, 3.05) is 5.32 Å². The predicted octanol–water partition coefficient (Wildman–Crippen LogP) is 2.63. The van der Waals surface area contributed by atoms with Crippen LogP contribution in [0.3, 0.4) is 0 Å². The van der Waals surface area contributed by atoms with Crippen LogP contribution in [0.25, 0.3) is 11.0 Å². The summed E-state index contributed by atoms with van der Waals surface area (Å²) < 4.78 is 0. The molecule has 20 heavy (non-hydrogen) atoms. The van der Waals surface area contributed by atoms with E-state index in [4.69, 9.17) is 0 Å². The number of anilines is 1. The number of hydrogen-bond donors (Lipinski definition) is 3. The summed E-state index contributed by atoms with van der Waals surface area (Å²) in [7, 11) is 0. The van der Waals surface area contributed by atoms with Crippen molar-refractivity contribution >= 4 is 17.0 Å². The Balaban J connectivity index is 1.68. The topological polar surface area (TPSA) is 60.9 Å². The van der Waals surface area contributed by atoms with E-state index in [9.17, 15) is 5.11 Å². The highest BCUT2D eigenvalue weighted by Crippen LogP contribution is 2.33. The van der Waals surface area contributed by atoms with Gasteiger partial charge in [-0.2, -0.15) is 0 Å². The molecule has 0 saturated carbocycles. The highest BCUT2D eigenvalue weighted by molar-refractivity contribution is 5.77. The SMILES string of the molecule is O[C@@H]1Cc2ccccc2[C@@H]1Nc1nc2ccccc2[nH]1. The minimum atomic E-state index is -0.416. The Morgan fingerprint density at radius 3 is 2.80 bits per heavy atom. The van der Waals surface area contributed by atoms with Gasteiger partial charge in [-0.05, 0) is 23.3 Å². The molecule has 4 rings (SSSR count). The molecule has 0 fully saturated rings. The molecule has 0 saturated heterocycles. The van der Waals surface area contributed by atoms with Gasteiger partial charge < -0.3 is 15.4 Å². The van der Waals surface area contributed by atoms with Crippen LogP contribution >= 0.6 is 0 Å². The number of nitrogens with zero attached hydrogens (tertiary/aromatic N) is 1. The van der Waals surface area contributed by atoms with E-state index in [0.29, 0.717) is 12.4 Å². The fourth-order valence-corrected chi connectivity index (χ4v) is 2.92. The second-order valence-electron chi connectivity index (χ2n) is 5.19. The van der Waals surface area contributed by atoms with Crippen LogP contribution in [-0.2, 0) is 6.42 Å². The number of aliphatic hydroxyl groups excluding tert-OH is 1. The summed E-state index contributed by atoms with van der Waals surface area (Å²) in [4.78, 5) is 7.75. The minimum Gasteiger partial charge on any atom is -0.390 e. The third-order valence-corrected chi connectivity index (χ3v) is 3.89. The van der Waals surface area contributed by atoms with Crippen molar-refractivity contribution in [1.82, 2.24) is 9.97 Å². The highest BCUT2D eigenvalue weighted by atomic mass is 16.3. The summed E-state index contributed by atoms with van der Waals surface area (Å²) in [6, 6.07) is 15.9. The molecule has 0 amide bonds. The zero-order valence-corrected chi connectivity index (χ0v) is 10.9. The Morgan fingerprint density at radius 2 is 1.90 bits per heavy atom. The standard InChI is InChI=1S/C16H15N3O/c20-14-9-10-5-1-2-6-11(10)15(14)19-16-17-12-7-3-4-8-13(12)18-16/h1-8,14-15,20H,9H2,(H2,17,18,19)/t14-,15+/m1/s1. The Hall–Kier alpha value is -2.33. The van der Waals surface area contributed by atoms with E-state index in [2.05, 4.69) is 27.4 Å². The van der Waals surface area contributed by atoms with Crippen LogP contribution in [0.1, 0.15) is 17.2 Å². The molecule has 4 heteroatoms. The van der Waals surface area contributed by atoms with E-state index in [-0.39, 0.29) is 6.04 Å². The monoisotopic (exact) mass is 265 g/mol. The Bertz CT molecular complexity index is 732. The summed E-state index contributed by atoms with van der Waals surface area (Å²) in [5.41, 5.74) is 4.28. The lowest BCUT2D eigenvalue weighted by molar-refractivity contribution is 0.165. The third kappa shape index (κ3) is 1.77. The fourth-order valence-electron chi connectivity index (χ4n) is 2.92. The largest absolute Gasteiger partial charge is 0.390 e. The average molecular weight is 265 g/mol. The van der Waals surface area contributed by atoms with Gasteiger partial charge in [0.25, 0.3) is 0 Å². The number of para-hydroxylation sites is 2. The molecule has 1 heterocycles. The number of benzene rings is 2. The van der Waals surface area contributed by atoms with E-state index in [0.717, 1.165) is 16.6 Å². The molecule has 1 aliphatic rings. The van der Waals surface area contributed by atoms with Crippen LogP contribution in [0, 0.1) is 0 Å². The number of aromatic nitrogens is 2. The number of H-pyrrole nitrogens is 1. The third-order valence-electron chi connectivity index (χ3n) is 3.89. The molecule has 2 aromatic carbocycles. The number of aliphatic hydroxyl groups is 1. The van der Waals surface area contributed by atoms with Crippen LogP contribution in [0.15, 0.2) is 48.5 Å². The van der Waals surface area contributed by atoms with Gasteiger partial charge in [0.05, 0.1) is 23.2 Å². The molecule has 3 N–H and O–H groups in total. The van der Waals surface area contributed by atoms with Gasteiger partial charge in [0.15, 0.2) is 0 Å². The van der Waals surface area contributed by atoms with E-state index in [1.54, 1.807) is 0 Å². The van der Waals surface area contributed by atoms with E-state index >= 15 is 0 Å². The summed E-state index contributed by atoms with van der Waals surface area (Å²) in [6.45, 7) is 0.